The zero-order valence-electron chi connectivity index (χ0n) is 12.4. The molecule has 1 aromatic carbocycles. The van der Waals surface area contributed by atoms with Gasteiger partial charge in [0.1, 0.15) is 6.10 Å². The van der Waals surface area contributed by atoms with E-state index in [1.165, 1.54) is 0 Å². The molecule has 0 radical (unpaired) electrons. The molecule has 2 N–H and O–H groups in total. The van der Waals surface area contributed by atoms with Crippen molar-refractivity contribution in [2.24, 2.45) is 11.7 Å². The number of benzene rings is 1. The number of hydrogen-bond acceptors (Lipinski definition) is 4. The van der Waals surface area contributed by atoms with Crippen molar-refractivity contribution < 1.29 is 14.3 Å². The van der Waals surface area contributed by atoms with E-state index >= 15 is 0 Å². The fraction of sp³-hybridized carbons (Fsp3) is 0.500. The Hall–Kier alpha value is -1.68. The van der Waals surface area contributed by atoms with E-state index in [0.29, 0.717) is 17.9 Å². The molecule has 0 heterocycles. The summed E-state index contributed by atoms with van der Waals surface area (Å²) in [4.78, 5) is 23.2. The van der Waals surface area contributed by atoms with Gasteiger partial charge in [-0.25, -0.2) is 4.79 Å². The fourth-order valence-electron chi connectivity index (χ4n) is 1.95. The molecule has 0 aliphatic rings. The lowest BCUT2D eigenvalue weighted by atomic mass is 10.0. The first kappa shape index (κ1) is 16.4. The lowest BCUT2D eigenvalue weighted by Crippen LogP contribution is -2.22. The first-order chi connectivity index (χ1) is 9.47. The number of ketones is 1. The standard InChI is InChI=1S/C16H23NO3/c1-4-15(11(2)3)20-16(19)13-7-5-12(6-8-13)9-14(18)10-17/h5-8,11,15H,4,9-10,17H2,1-3H3. The highest BCUT2D eigenvalue weighted by atomic mass is 16.5. The van der Waals surface area contributed by atoms with Crippen LogP contribution in [0.15, 0.2) is 24.3 Å². The molecule has 0 saturated heterocycles. The molecule has 110 valence electrons. The first-order valence-corrected chi connectivity index (χ1v) is 6.99. The Bertz CT molecular complexity index is 451. The van der Waals surface area contributed by atoms with E-state index in [0.717, 1.165) is 12.0 Å². The van der Waals surface area contributed by atoms with Crippen molar-refractivity contribution in [1.82, 2.24) is 0 Å². The van der Waals surface area contributed by atoms with E-state index < -0.39 is 0 Å². The lowest BCUT2D eigenvalue weighted by molar-refractivity contribution is -0.117. The molecule has 4 heteroatoms. The van der Waals surface area contributed by atoms with Crippen molar-refractivity contribution >= 4 is 11.8 Å². The Morgan fingerprint density at radius 1 is 1.20 bits per heavy atom. The van der Waals surface area contributed by atoms with Crippen molar-refractivity contribution in [3.05, 3.63) is 35.4 Å². The summed E-state index contributed by atoms with van der Waals surface area (Å²) >= 11 is 0. The number of esters is 1. The number of rotatable bonds is 7. The molecule has 0 aliphatic carbocycles. The zero-order chi connectivity index (χ0) is 15.1. The molecule has 0 saturated carbocycles. The summed E-state index contributed by atoms with van der Waals surface area (Å²) in [6.07, 6.45) is 1.03. The van der Waals surface area contributed by atoms with E-state index in [1.807, 2.05) is 20.8 Å². The Balaban J connectivity index is 2.68. The van der Waals surface area contributed by atoms with E-state index in [4.69, 9.17) is 10.5 Å². The second-order valence-corrected chi connectivity index (χ2v) is 5.21. The van der Waals surface area contributed by atoms with Gasteiger partial charge in [0.15, 0.2) is 5.78 Å². The first-order valence-electron chi connectivity index (χ1n) is 6.99. The number of carbonyl (C=O) groups excluding carboxylic acids is 2. The number of ether oxygens (including phenoxy) is 1. The monoisotopic (exact) mass is 277 g/mol. The Morgan fingerprint density at radius 2 is 1.80 bits per heavy atom. The SMILES string of the molecule is CCC(OC(=O)c1ccc(CC(=O)CN)cc1)C(C)C. The van der Waals surface area contributed by atoms with Crippen LogP contribution >= 0.6 is 0 Å². The highest BCUT2D eigenvalue weighted by molar-refractivity contribution is 5.90. The number of hydrogen-bond donors (Lipinski definition) is 1. The van der Waals surface area contributed by atoms with Gasteiger partial charge in [0, 0.05) is 6.42 Å². The maximum atomic E-state index is 12.0. The number of Topliss-reactive ketones (excluding diaryl/α,β-unsaturated/α-hetero) is 1. The van der Waals surface area contributed by atoms with Gasteiger partial charge in [0.2, 0.25) is 0 Å². The van der Waals surface area contributed by atoms with Gasteiger partial charge in [-0.05, 0) is 30.0 Å². The molecule has 1 aromatic rings. The molecule has 0 bridgehead atoms. The van der Waals surface area contributed by atoms with Crippen LogP contribution in [0.5, 0.6) is 0 Å². The summed E-state index contributed by atoms with van der Waals surface area (Å²) in [6.45, 7) is 6.10. The molecule has 1 atom stereocenters. The van der Waals surface area contributed by atoms with Crippen molar-refractivity contribution in [1.29, 1.82) is 0 Å². The predicted octanol–water partition coefficient (Wildman–Crippen LogP) is 2.35. The van der Waals surface area contributed by atoms with Crippen molar-refractivity contribution in [2.45, 2.75) is 39.7 Å². The molecular formula is C16H23NO3. The Kier molecular flexibility index (Phi) is 6.39. The maximum Gasteiger partial charge on any atom is 0.338 e. The average Bonchev–Trinajstić information content (AvgIpc) is 2.44. The summed E-state index contributed by atoms with van der Waals surface area (Å²) in [6, 6.07) is 6.91. The smallest absolute Gasteiger partial charge is 0.338 e. The molecule has 0 aliphatic heterocycles. The van der Waals surface area contributed by atoms with Crippen LogP contribution in [0.2, 0.25) is 0 Å². The summed E-state index contributed by atoms with van der Waals surface area (Å²) in [5, 5.41) is 0. The van der Waals surface area contributed by atoms with Crippen LogP contribution in [0.25, 0.3) is 0 Å². The van der Waals surface area contributed by atoms with E-state index in [2.05, 4.69) is 0 Å². The third-order valence-corrected chi connectivity index (χ3v) is 3.22. The maximum absolute atomic E-state index is 12.0. The second kappa shape index (κ2) is 7.80. The van der Waals surface area contributed by atoms with Gasteiger partial charge < -0.3 is 10.5 Å². The average molecular weight is 277 g/mol. The van der Waals surface area contributed by atoms with Crippen LogP contribution in [0.4, 0.5) is 0 Å². The molecule has 0 spiro atoms. The molecular weight excluding hydrogens is 254 g/mol. The quantitative estimate of drug-likeness (QED) is 0.777. The van der Waals surface area contributed by atoms with Gasteiger partial charge in [-0.2, -0.15) is 0 Å². The lowest BCUT2D eigenvalue weighted by Gasteiger charge is -2.19. The molecule has 4 nitrogen and oxygen atoms in total. The molecule has 0 amide bonds. The summed E-state index contributed by atoms with van der Waals surface area (Å²) in [7, 11) is 0. The van der Waals surface area contributed by atoms with Crippen LogP contribution in [-0.2, 0) is 16.0 Å². The molecule has 20 heavy (non-hydrogen) atoms. The van der Waals surface area contributed by atoms with Gasteiger partial charge >= 0.3 is 5.97 Å². The summed E-state index contributed by atoms with van der Waals surface area (Å²) in [5.41, 5.74) is 6.63. The third-order valence-electron chi connectivity index (χ3n) is 3.22. The Labute approximate surface area is 120 Å². The van der Waals surface area contributed by atoms with Crippen LogP contribution < -0.4 is 5.73 Å². The van der Waals surface area contributed by atoms with Crippen molar-refractivity contribution in [2.75, 3.05) is 6.54 Å². The second-order valence-electron chi connectivity index (χ2n) is 5.21. The third kappa shape index (κ3) is 4.78. The van der Waals surface area contributed by atoms with Gasteiger partial charge in [-0.15, -0.1) is 0 Å². The van der Waals surface area contributed by atoms with E-state index in [-0.39, 0.29) is 24.4 Å². The minimum absolute atomic E-state index is 0.0221. The van der Waals surface area contributed by atoms with E-state index in [1.54, 1.807) is 24.3 Å². The van der Waals surface area contributed by atoms with E-state index in [9.17, 15) is 9.59 Å². The minimum Gasteiger partial charge on any atom is -0.459 e. The van der Waals surface area contributed by atoms with Gasteiger partial charge in [-0.1, -0.05) is 32.9 Å². The largest absolute Gasteiger partial charge is 0.459 e. The highest BCUT2D eigenvalue weighted by Crippen LogP contribution is 2.14. The molecule has 1 unspecified atom stereocenters. The van der Waals surface area contributed by atoms with Gasteiger partial charge in [-0.3, -0.25) is 4.79 Å². The van der Waals surface area contributed by atoms with Crippen LogP contribution in [-0.4, -0.2) is 24.4 Å². The van der Waals surface area contributed by atoms with Crippen LogP contribution in [0, 0.1) is 5.92 Å². The minimum atomic E-state index is -0.317. The zero-order valence-corrected chi connectivity index (χ0v) is 12.4. The molecule has 0 fully saturated rings. The summed E-state index contributed by atoms with van der Waals surface area (Å²) in [5.74, 6) is -0.0427. The van der Waals surface area contributed by atoms with Crippen molar-refractivity contribution in [3.63, 3.8) is 0 Å². The normalized spacial score (nSPS) is 12.2. The molecule has 0 aromatic heterocycles. The predicted molar refractivity (Wildman–Crippen MR) is 78.5 cm³/mol. The fourth-order valence-corrected chi connectivity index (χ4v) is 1.95. The Morgan fingerprint density at radius 3 is 2.25 bits per heavy atom. The number of carbonyl (C=O) groups is 2. The van der Waals surface area contributed by atoms with Crippen LogP contribution in [0.1, 0.15) is 43.1 Å². The topological polar surface area (TPSA) is 69.4 Å². The molecule has 1 rings (SSSR count). The highest BCUT2D eigenvalue weighted by Gasteiger charge is 2.17. The van der Waals surface area contributed by atoms with Crippen molar-refractivity contribution in [3.8, 4) is 0 Å². The summed E-state index contributed by atoms with van der Waals surface area (Å²) < 4.78 is 5.46. The number of nitrogens with two attached hydrogens (primary N) is 1. The van der Waals surface area contributed by atoms with Gasteiger partial charge in [0.05, 0.1) is 12.1 Å². The van der Waals surface area contributed by atoms with Gasteiger partial charge in [0.25, 0.3) is 0 Å². The van der Waals surface area contributed by atoms with Crippen LogP contribution in [0.3, 0.4) is 0 Å².